The molecule has 0 radical (unpaired) electrons. The quantitative estimate of drug-likeness (QED) is 0.226. The van der Waals surface area contributed by atoms with Gasteiger partial charge in [-0.05, 0) is 36.4 Å². The van der Waals surface area contributed by atoms with Crippen molar-refractivity contribution in [2.45, 2.75) is 12.2 Å². The molecule has 5 aromatic rings. The maximum Gasteiger partial charge on any atom is 0.416 e. The lowest BCUT2D eigenvalue weighted by atomic mass is 9.98. The van der Waals surface area contributed by atoms with Crippen LogP contribution in [0.1, 0.15) is 54.1 Å². The number of carbonyl (C=O) groups excluding carboxylic acids is 3. The number of aromatic nitrogens is 4. The number of pyridine rings is 1. The van der Waals surface area contributed by atoms with Crippen molar-refractivity contribution >= 4 is 46.3 Å². The molecule has 0 saturated carbocycles. The van der Waals surface area contributed by atoms with E-state index in [1.807, 2.05) is 0 Å². The molecule has 224 valence electrons. The van der Waals surface area contributed by atoms with Crippen molar-refractivity contribution in [1.29, 1.82) is 0 Å². The van der Waals surface area contributed by atoms with Crippen molar-refractivity contribution in [1.82, 2.24) is 24.5 Å². The van der Waals surface area contributed by atoms with Crippen LogP contribution >= 0.6 is 11.6 Å². The topological polar surface area (TPSA) is 122 Å². The molecule has 3 amide bonds. The fourth-order valence-electron chi connectivity index (χ4n) is 4.88. The highest BCUT2D eigenvalue weighted by Crippen LogP contribution is 2.40. The number of fused-ring (bicyclic) bond motifs is 3. The summed E-state index contributed by atoms with van der Waals surface area (Å²) in [6.45, 7) is 0. The smallest absolute Gasteiger partial charge is 0.340 e. The van der Waals surface area contributed by atoms with Crippen molar-refractivity contribution in [3.05, 3.63) is 111 Å². The molecule has 10 nitrogen and oxygen atoms in total. The van der Waals surface area contributed by atoms with Crippen LogP contribution in [0.3, 0.4) is 0 Å². The second-order valence-corrected chi connectivity index (χ2v) is 10.2. The molecule has 0 bridgehead atoms. The molecule has 3 aromatic heterocycles. The van der Waals surface area contributed by atoms with Gasteiger partial charge >= 0.3 is 6.18 Å². The number of halogens is 6. The third-order valence-corrected chi connectivity index (χ3v) is 7.12. The zero-order valence-corrected chi connectivity index (χ0v) is 22.9. The summed E-state index contributed by atoms with van der Waals surface area (Å²) in [6, 6.07) is 4.88. The molecule has 1 unspecified atom stereocenters. The fourth-order valence-corrected chi connectivity index (χ4v) is 5.10. The van der Waals surface area contributed by atoms with Gasteiger partial charge < -0.3 is 16.0 Å². The average molecular weight is 630 g/mol. The Balaban J connectivity index is 1.49. The summed E-state index contributed by atoms with van der Waals surface area (Å²) in [6.07, 6.45) is -0.731. The predicted octanol–water partition coefficient (Wildman–Crippen LogP) is 5.36. The highest BCUT2D eigenvalue weighted by atomic mass is 35.5. The highest BCUT2D eigenvalue weighted by molar-refractivity contribution is 6.31. The van der Waals surface area contributed by atoms with Crippen LogP contribution in [0.5, 0.6) is 0 Å². The van der Waals surface area contributed by atoms with E-state index < -0.39 is 52.7 Å². The van der Waals surface area contributed by atoms with E-state index in [0.717, 1.165) is 12.1 Å². The Bertz CT molecular complexity index is 2020. The largest absolute Gasteiger partial charge is 0.416 e. The van der Waals surface area contributed by atoms with Crippen molar-refractivity contribution in [2.24, 2.45) is 7.05 Å². The zero-order valence-electron chi connectivity index (χ0n) is 22.1. The summed E-state index contributed by atoms with van der Waals surface area (Å²) in [5, 5.41) is 11.7. The Kier molecular flexibility index (Phi) is 6.84. The van der Waals surface area contributed by atoms with E-state index in [2.05, 4.69) is 26.0 Å². The van der Waals surface area contributed by atoms with Gasteiger partial charge in [0.05, 0.1) is 29.2 Å². The first kappa shape index (κ1) is 28.8. The summed E-state index contributed by atoms with van der Waals surface area (Å²) < 4.78 is 71.0. The Labute approximate surface area is 248 Å². The number of alkyl halides is 3. The Morgan fingerprint density at radius 1 is 1.00 bits per heavy atom. The van der Waals surface area contributed by atoms with Gasteiger partial charge in [0.1, 0.15) is 28.7 Å². The molecular formula is C28H17ClF5N7O3. The van der Waals surface area contributed by atoms with Gasteiger partial charge in [-0.1, -0.05) is 11.6 Å². The van der Waals surface area contributed by atoms with Crippen LogP contribution in [0.2, 0.25) is 5.02 Å². The molecule has 1 aliphatic heterocycles. The van der Waals surface area contributed by atoms with Crippen LogP contribution in [0.4, 0.5) is 33.3 Å². The second kappa shape index (κ2) is 10.4. The SMILES string of the molecule is Cn1cc(NC(=O)c2cn3c4c(c(NC(=O)c5cc(F)cc(C(F)(F)F)c5)cc3n2)C(c2cc(F)ccc2Cl)NC4=O)cn1. The van der Waals surface area contributed by atoms with E-state index >= 15 is 0 Å². The standard InChI is InChI=1S/C28H17ClF5N7O3/c1-40-10-16(9-35-40)36-26(43)20-11-41-21(37-20)8-19(38-25(42)12-4-13(28(32,33)34)6-15(31)5-12)22-23(39-27(44)24(22)41)17-7-14(30)2-3-18(17)29/h2-11,23H,1H3,(H,36,43)(H,38,42)(H,39,44). The molecule has 6 rings (SSSR count). The summed E-state index contributed by atoms with van der Waals surface area (Å²) >= 11 is 6.33. The van der Waals surface area contributed by atoms with Gasteiger partial charge in [0.15, 0.2) is 0 Å². The summed E-state index contributed by atoms with van der Waals surface area (Å²) in [5.74, 6) is -4.51. The van der Waals surface area contributed by atoms with Gasteiger partial charge in [-0.3, -0.25) is 23.5 Å². The molecule has 16 heteroatoms. The minimum Gasteiger partial charge on any atom is -0.340 e. The lowest BCUT2D eigenvalue weighted by molar-refractivity contribution is -0.137. The summed E-state index contributed by atoms with van der Waals surface area (Å²) in [4.78, 5) is 43.8. The molecule has 3 N–H and O–H groups in total. The molecular weight excluding hydrogens is 613 g/mol. The van der Waals surface area contributed by atoms with Crippen LogP contribution in [0.15, 0.2) is 61.1 Å². The van der Waals surface area contributed by atoms with Crippen LogP contribution in [0.25, 0.3) is 5.65 Å². The normalized spacial score (nSPS) is 14.4. The van der Waals surface area contributed by atoms with Crippen molar-refractivity contribution < 1.29 is 36.3 Å². The number of nitrogens with one attached hydrogen (secondary N) is 3. The molecule has 2 aromatic carbocycles. The van der Waals surface area contributed by atoms with Crippen LogP contribution < -0.4 is 16.0 Å². The van der Waals surface area contributed by atoms with Crippen LogP contribution in [0, 0.1) is 11.6 Å². The van der Waals surface area contributed by atoms with Gasteiger partial charge in [0.25, 0.3) is 17.7 Å². The van der Waals surface area contributed by atoms with Gasteiger partial charge in [-0.25, -0.2) is 13.8 Å². The van der Waals surface area contributed by atoms with Gasteiger partial charge in [-0.2, -0.15) is 18.3 Å². The van der Waals surface area contributed by atoms with E-state index in [-0.39, 0.29) is 44.9 Å². The molecule has 0 aliphatic carbocycles. The van der Waals surface area contributed by atoms with Crippen molar-refractivity contribution in [3.63, 3.8) is 0 Å². The van der Waals surface area contributed by atoms with E-state index in [4.69, 9.17) is 11.6 Å². The minimum absolute atomic E-state index is 0.00764. The maximum absolute atomic E-state index is 14.3. The molecule has 0 spiro atoms. The number of carbonyl (C=O) groups is 3. The Morgan fingerprint density at radius 3 is 2.48 bits per heavy atom. The predicted molar refractivity (Wildman–Crippen MR) is 146 cm³/mol. The number of imidazole rings is 1. The number of nitrogens with zero attached hydrogens (tertiary/aromatic N) is 4. The second-order valence-electron chi connectivity index (χ2n) is 9.78. The van der Waals surface area contributed by atoms with Crippen LogP contribution in [-0.4, -0.2) is 36.9 Å². The first-order valence-corrected chi connectivity index (χ1v) is 13.0. The average Bonchev–Trinajstić information content (AvgIpc) is 3.66. The number of rotatable bonds is 5. The van der Waals surface area contributed by atoms with E-state index in [1.54, 1.807) is 7.05 Å². The van der Waals surface area contributed by atoms with E-state index in [0.29, 0.717) is 17.8 Å². The molecule has 0 fully saturated rings. The van der Waals surface area contributed by atoms with Gasteiger partial charge in [-0.15, -0.1) is 0 Å². The maximum atomic E-state index is 14.3. The number of hydrogen-bond donors (Lipinski definition) is 3. The number of anilines is 2. The molecule has 1 atom stereocenters. The highest BCUT2D eigenvalue weighted by Gasteiger charge is 2.38. The zero-order chi connectivity index (χ0) is 31.5. The number of amides is 3. The monoisotopic (exact) mass is 629 g/mol. The van der Waals surface area contributed by atoms with E-state index in [9.17, 15) is 36.3 Å². The third-order valence-electron chi connectivity index (χ3n) is 6.77. The molecule has 1 aliphatic rings. The van der Waals surface area contributed by atoms with Gasteiger partial charge in [0.2, 0.25) is 0 Å². The van der Waals surface area contributed by atoms with Crippen molar-refractivity contribution in [3.8, 4) is 0 Å². The fraction of sp³-hybridized carbons (Fsp3) is 0.107. The van der Waals surface area contributed by atoms with Gasteiger partial charge in [0, 0.05) is 47.2 Å². The van der Waals surface area contributed by atoms with Crippen molar-refractivity contribution in [2.75, 3.05) is 10.6 Å². The lowest BCUT2D eigenvalue weighted by Crippen LogP contribution is -2.21. The molecule has 4 heterocycles. The lowest BCUT2D eigenvalue weighted by Gasteiger charge is -2.18. The molecule has 44 heavy (non-hydrogen) atoms. The Hall–Kier alpha value is -5.31. The Morgan fingerprint density at radius 2 is 1.77 bits per heavy atom. The first-order valence-electron chi connectivity index (χ1n) is 12.6. The minimum atomic E-state index is -4.94. The number of benzene rings is 2. The number of aryl methyl sites for hydroxylation is 1. The summed E-state index contributed by atoms with van der Waals surface area (Å²) in [5.41, 5.74) is -1.94. The van der Waals surface area contributed by atoms with Crippen LogP contribution in [-0.2, 0) is 13.2 Å². The third kappa shape index (κ3) is 5.21. The first-order chi connectivity index (χ1) is 20.8. The van der Waals surface area contributed by atoms with E-state index in [1.165, 1.54) is 39.8 Å². The number of hydrogen-bond acceptors (Lipinski definition) is 5. The summed E-state index contributed by atoms with van der Waals surface area (Å²) in [7, 11) is 1.65. The molecule has 0 saturated heterocycles.